The Labute approximate surface area is 94.8 Å². The van der Waals surface area contributed by atoms with E-state index in [4.69, 9.17) is 10.9 Å². The average Bonchev–Trinajstić information content (AvgIpc) is 2.28. The molecule has 0 aliphatic rings. The van der Waals surface area contributed by atoms with Crippen LogP contribution in [0.4, 0.5) is 5.69 Å². The number of nitrogen functional groups attached to an aromatic ring is 1. The highest BCUT2D eigenvalue weighted by atomic mass is 16.3. The minimum Gasteiger partial charge on any atom is -0.395 e. The lowest BCUT2D eigenvalue weighted by Crippen LogP contribution is -2.30. The third-order valence-electron chi connectivity index (χ3n) is 2.41. The van der Waals surface area contributed by atoms with Crippen molar-refractivity contribution in [3.05, 3.63) is 29.3 Å². The summed E-state index contributed by atoms with van der Waals surface area (Å²) in [5.41, 5.74) is 4.76. The lowest BCUT2D eigenvalue weighted by atomic mass is 10.1. The van der Waals surface area contributed by atoms with Crippen molar-refractivity contribution in [2.75, 3.05) is 25.6 Å². The average molecular weight is 223 g/mol. The van der Waals surface area contributed by atoms with Crippen LogP contribution in [-0.4, -0.2) is 36.1 Å². The molecule has 0 aromatic heterocycles. The molecule has 1 aromatic carbocycles. The molecule has 0 spiro atoms. The molecule has 0 saturated heterocycles. The maximum absolute atomic E-state index is 11.9. The first-order chi connectivity index (χ1) is 7.60. The molecular weight excluding hydrogens is 206 g/mol. The van der Waals surface area contributed by atoms with Crippen LogP contribution in [0.25, 0.3) is 0 Å². The molecule has 0 aliphatic heterocycles. The summed E-state index contributed by atoms with van der Waals surface area (Å²) in [6.07, 6.45) is 0. The van der Waals surface area contributed by atoms with Crippen molar-refractivity contribution in [3.8, 4) is 0 Å². The molecule has 0 atom stereocenters. The summed E-state index contributed by atoms with van der Waals surface area (Å²) in [4.78, 5) is 13.4. The number of carbonyl (C=O) groups is 1. The van der Waals surface area contributed by atoms with Crippen molar-refractivity contribution in [1.82, 2.24) is 4.90 Å². The normalized spacial score (nSPS) is 10.0. The zero-order valence-corrected chi connectivity index (χ0v) is 9.53. The number of hydrogen-bond donors (Lipinski definition) is 3. The second-order valence-corrected chi connectivity index (χ2v) is 3.62. The van der Waals surface area contributed by atoms with Gasteiger partial charge in [-0.25, -0.2) is 0 Å². The maximum atomic E-state index is 11.9. The lowest BCUT2D eigenvalue weighted by Gasteiger charge is -2.17. The van der Waals surface area contributed by atoms with Crippen LogP contribution in [0.2, 0.25) is 0 Å². The van der Waals surface area contributed by atoms with Gasteiger partial charge in [0.25, 0.3) is 5.91 Å². The van der Waals surface area contributed by atoms with Gasteiger partial charge in [-0.2, -0.15) is 0 Å². The van der Waals surface area contributed by atoms with Gasteiger partial charge in [0.15, 0.2) is 0 Å². The van der Waals surface area contributed by atoms with Crippen molar-refractivity contribution in [1.29, 1.82) is 0 Å². The molecule has 1 aromatic rings. The topological polar surface area (TPSA) is 78.6 Å². The Morgan fingerprint density at radius 2 is 2.25 bits per heavy atom. The van der Waals surface area contributed by atoms with Gasteiger partial charge in [0.2, 0.25) is 0 Å². The van der Waals surface area contributed by atoms with Gasteiger partial charge in [0, 0.05) is 24.8 Å². The molecule has 0 aliphatic carbocycles. The van der Waals surface area contributed by atoms with E-state index >= 15 is 0 Å². The van der Waals surface area contributed by atoms with Gasteiger partial charge >= 0.3 is 0 Å². The predicted octanol–water partition coefficient (Wildman–Crippen LogP) is 0.345. The number of likely N-dealkylation sites (N-methyl/N-ethyl adjacent to an activating group) is 1. The largest absolute Gasteiger partial charge is 0.395 e. The van der Waals surface area contributed by atoms with E-state index < -0.39 is 0 Å². The van der Waals surface area contributed by atoms with E-state index in [2.05, 4.69) is 5.43 Å². The van der Waals surface area contributed by atoms with E-state index in [1.54, 1.807) is 25.2 Å². The van der Waals surface area contributed by atoms with Crippen molar-refractivity contribution in [3.63, 3.8) is 0 Å². The monoisotopic (exact) mass is 223 g/mol. The number of benzene rings is 1. The third-order valence-corrected chi connectivity index (χ3v) is 2.41. The Kier molecular flexibility index (Phi) is 4.28. The summed E-state index contributed by atoms with van der Waals surface area (Å²) in [6, 6.07) is 5.27. The maximum Gasteiger partial charge on any atom is 0.253 e. The molecule has 4 N–H and O–H groups in total. The number of nitrogens with one attached hydrogen (secondary N) is 1. The van der Waals surface area contributed by atoms with Crippen LogP contribution in [-0.2, 0) is 0 Å². The minimum atomic E-state index is -0.102. The number of hydrazine groups is 1. The Balaban J connectivity index is 2.91. The first kappa shape index (κ1) is 12.5. The van der Waals surface area contributed by atoms with Gasteiger partial charge in [-0.3, -0.25) is 10.6 Å². The Morgan fingerprint density at radius 1 is 1.56 bits per heavy atom. The first-order valence-corrected chi connectivity index (χ1v) is 5.03. The SMILES string of the molecule is Cc1cc(NN)ccc1C(=O)N(C)CCO. The summed E-state index contributed by atoms with van der Waals surface area (Å²) in [5.74, 6) is 5.17. The van der Waals surface area contributed by atoms with Crippen LogP contribution < -0.4 is 11.3 Å². The molecule has 0 heterocycles. The molecule has 16 heavy (non-hydrogen) atoms. The molecular formula is C11H17N3O2. The number of nitrogens with two attached hydrogens (primary N) is 1. The second kappa shape index (κ2) is 5.48. The Hall–Kier alpha value is -1.59. The van der Waals surface area contributed by atoms with E-state index in [-0.39, 0.29) is 12.5 Å². The molecule has 1 rings (SSSR count). The highest BCUT2D eigenvalue weighted by molar-refractivity contribution is 5.95. The summed E-state index contributed by atoms with van der Waals surface area (Å²) in [7, 11) is 1.66. The number of aliphatic hydroxyl groups excluding tert-OH is 1. The van der Waals surface area contributed by atoms with Gasteiger partial charge in [-0.15, -0.1) is 0 Å². The smallest absolute Gasteiger partial charge is 0.253 e. The van der Waals surface area contributed by atoms with Crippen molar-refractivity contribution < 1.29 is 9.90 Å². The summed E-state index contributed by atoms with van der Waals surface area (Å²) in [6.45, 7) is 2.14. The fraction of sp³-hybridized carbons (Fsp3) is 0.364. The Morgan fingerprint density at radius 3 is 2.75 bits per heavy atom. The van der Waals surface area contributed by atoms with Gasteiger partial charge in [0.05, 0.1) is 6.61 Å². The number of aliphatic hydroxyl groups is 1. The standard InChI is InChI=1S/C11H17N3O2/c1-8-7-9(13-12)3-4-10(8)11(16)14(2)5-6-15/h3-4,7,13,15H,5-6,12H2,1-2H3. The second-order valence-electron chi connectivity index (χ2n) is 3.62. The zero-order valence-electron chi connectivity index (χ0n) is 9.53. The molecule has 1 amide bonds. The van der Waals surface area contributed by atoms with Gasteiger partial charge in [-0.05, 0) is 30.7 Å². The van der Waals surface area contributed by atoms with Gasteiger partial charge < -0.3 is 15.4 Å². The minimum absolute atomic E-state index is 0.0380. The van der Waals surface area contributed by atoms with E-state index in [9.17, 15) is 4.79 Å². The van der Waals surface area contributed by atoms with E-state index in [0.717, 1.165) is 11.3 Å². The number of rotatable bonds is 4. The number of nitrogens with zero attached hydrogens (tertiary/aromatic N) is 1. The molecule has 0 bridgehead atoms. The summed E-state index contributed by atoms with van der Waals surface area (Å²) >= 11 is 0. The summed E-state index contributed by atoms with van der Waals surface area (Å²) in [5, 5.41) is 8.76. The van der Waals surface area contributed by atoms with Gasteiger partial charge in [-0.1, -0.05) is 0 Å². The molecule has 0 radical (unpaired) electrons. The van der Waals surface area contributed by atoms with Crippen molar-refractivity contribution in [2.24, 2.45) is 5.84 Å². The fourth-order valence-electron chi connectivity index (χ4n) is 1.45. The van der Waals surface area contributed by atoms with Crippen molar-refractivity contribution >= 4 is 11.6 Å². The summed E-state index contributed by atoms with van der Waals surface area (Å²) < 4.78 is 0. The molecule has 0 fully saturated rings. The van der Waals surface area contributed by atoms with Crippen molar-refractivity contribution in [2.45, 2.75) is 6.92 Å². The predicted molar refractivity (Wildman–Crippen MR) is 63.0 cm³/mol. The van der Waals surface area contributed by atoms with Crippen LogP contribution in [0.3, 0.4) is 0 Å². The first-order valence-electron chi connectivity index (χ1n) is 5.03. The zero-order chi connectivity index (χ0) is 12.1. The lowest BCUT2D eigenvalue weighted by molar-refractivity contribution is 0.0766. The van der Waals surface area contributed by atoms with Crippen LogP contribution in [0.5, 0.6) is 0 Å². The number of carbonyl (C=O) groups excluding carboxylic acids is 1. The highest BCUT2D eigenvalue weighted by Gasteiger charge is 2.13. The molecule has 5 nitrogen and oxygen atoms in total. The molecule has 0 unspecified atom stereocenters. The van der Waals surface area contributed by atoms with E-state index in [0.29, 0.717) is 12.1 Å². The van der Waals surface area contributed by atoms with Gasteiger partial charge in [0.1, 0.15) is 0 Å². The van der Waals surface area contributed by atoms with Crippen LogP contribution in [0, 0.1) is 6.92 Å². The van der Waals surface area contributed by atoms with Crippen LogP contribution in [0.1, 0.15) is 15.9 Å². The Bertz CT molecular complexity index is 379. The molecule has 5 heteroatoms. The van der Waals surface area contributed by atoms with E-state index in [1.165, 1.54) is 4.90 Å². The molecule has 0 saturated carbocycles. The molecule has 88 valence electrons. The number of aryl methyl sites for hydroxylation is 1. The third kappa shape index (κ3) is 2.71. The fourth-order valence-corrected chi connectivity index (χ4v) is 1.45. The number of anilines is 1. The number of amides is 1. The van der Waals surface area contributed by atoms with Crippen LogP contribution in [0.15, 0.2) is 18.2 Å². The highest BCUT2D eigenvalue weighted by Crippen LogP contribution is 2.15. The van der Waals surface area contributed by atoms with E-state index in [1.807, 2.05) is 6.92 Å². The van der Waals surface area contributed by atoms with Crippen LogP contribution >= 0.6 is 0 Å². The quantitative estimate of drug-likeness (QED) is 0.508. The number of hydrogen-bond acceptors (Lipinski definition) is 4.